The van der Waals surface area contributed by atoms with Crippen LogP contribution >= 0.6 is 12.4 Å². The Morgan fingerprint density at radius 1 is 1.17 bits per heavy atom. The van der Waals surface area contributed by atoms with Crippen molar-refractivity contribution in [2.24, 2.45) is 11.8 Å². The average Bonchev–Trinajstić information content (AvgIpc) is 2.51. The van der Waals surface area contributed by atoms with Gasteiger partial charge >= 0.3 is 0 Å². The molecule has 2 aliphatic heterocycles. The van der Waals surface area contributed by atoms with Crippen molar-refractivity contribution in [3.63, 3.8) is 0 Å². The highest BCUT2D eigenvalue weighted by molar-refractivity contribution is 5.85. The van der Waals surface area contributed by atoms with Gasteiger partial charge in [-0.3, -0.25) is 4.79 Å². The zero-order valence-electron chi connectivity index (χ0n) is 11.7. The molecule has 2 heterocycles. The maximum absolute atomic E-state index is 12.5. The van der Waals surface area contributed by atoms with Crippen LogP contribution in [-0.2, 0) is 4.79 Å². The van der Waals surface area contributed by atoms with Crippen LogP contribution < -0.4 is 5.32 Å². The fourth-order valence-electron chi connectivity index (χ4n) is 3.13. The van der Waals surface area contributed by atoms with Gasteiger partial charge in [0.2, 0.25) is 5.91 Å². The lowest BCUT2D eigenvalue weighted by Gasteiger charge is -2.33. The highest BCUT2D eigenvalue weighted by atomic mass is 35.5. The summed E-state index contributed by atoms with van der Waals surface area (Å²) in [4.78, 5) is 14.7. The molecule has 106 valence electrons. The summed E-state index contributed by atoms with van der Waals surface area (Å²) < 4.78 is 0. The maximum atomic E-state index is 12.5. The number of halogens is 1. The molecule has 2 saturated heterocycles. The number of nitrogens with zero attached hydrogens (tertiary/aromatic N) is 1. The first-order valence-corrected chi connectivity index (χ1v) is 7.19. The Labute approximate surface area is 117 Å². The number of nitrogens with one attached hydrogen (secondary N) is 1. The lowest BCUT2D eigenvalue weighted by atomic mass is 9.97. The number of hydrogen-bond donors (Lipinski definition) is 1. The summed E-state index contributed by atoms with van der Waals surface area (Å²) in [5.74, 6) is 1.30. The van der Waals surface area contributed by atoms with Crippen molar-refractivity contribution in [2.45, 2.75) is 52.0 Å². The van der Waals surface area contributed by atoms with Crippen molar-refractivity contribution < 1.29 is 4.79 Å². The van der Waals surface area contributed by atoms with Crippen molar-refractivity contribution in [3.8, 4) is 0 Å². The summed E-state index contributed by atoms with van der Waals surface area (Å²) in [5, 5.41) is 3.35. The number of carbonyl (C=O) groups excluding carboxylic acids is 1. The van der Waals surface area contributed by atoms with E-state index in [1.54, 1.807) is 0 Å². The van der Waals surface area contributed by atoms with Crippen LogP contribution in [-0.4, -0.2) is 36.5 Å². The summed E-state index contributed by atoms with van der Waals surface area (Å²) >= 11 is 0. The molecule has 0 radical (unpaired) electrons. The summed E-state index contributed by atoms with van der Waals surface area (Å²) in [6.07, 6.45) is 5.94. The molecule has 2 fully saturated rings. The van der Waals surface area contributed by atoms with E-state index in [0.29, 0.717) is 17.9 Å². The lowest BCUT2D eigenvalue weighted by molar-refractivity contribution is -0.138. The number of amides is 1. The van der Waals surface area contributed by atoms with Crippen molar-refractivity contribution in [2.75, 3.05) is 19.6 Å². The van der Waals surface area contributed by atoms with Gasteiger partial charge in [-0.15, -0.1) is 12.4 Å². The first kappa shape index (κ1) is 15.8. The lowest BCUT2D eigenvalue weighted by Crippen LogP contribution is -2.47. The molecule has 2 aliphatic rings. The van der Waals surface area contributed by atoms with Crippen LogP contribution in [0, 0.1) is 11.8 Å². The van der Waals surface area contributed by atoms with Gasteiger partial charge in [0.25, 0.3) is 0 Å². The topological polar surface area (TPSA) is 32.3 Å². The van der Waals surface area contributed by atoms with E-state index in [2.05, 4.69) is 24.1 Å². The first-order valence-electron chi connectivity index (χ1n) is 7.19. The fraction of sp³-hybridized carbons (Fsp3) is 0.929. The number of likely N-dealkylation sites (tertiary alicyclic amines) is 1. The van der Waals surface area contributed by atoms with Crippen LogP contribution in [0.1, 0.15) is 46.0 Å². The monoisotopic (exact) mass is 274 g/mol. The largest absolute Gasteiger partial charge is 0.339 e. The molecule has 0 spiro atoms. The number of piperidine rings is 1. The second kappa shape index (κ2) is 7.34. The fourth-order valence-corrected chi connectivity index (χ4v) is 3.13. The van der Waals surface area contributed by atoms with Crippen LogP contribution in [0.2, 0.25) is 0 Å². The smallest absolute Gasteiger partial charge is 0.227 e. The zero-order chi connectivity index (χ0) is 12.3. The van der Waals surface area contributed by atoms with Crippen LogP contribution in [0.25, 0.3) is 0 Å². The molecule has 2 rings (SSSR count). The third kappa shape index (κ3) is 3.86. The number of carbonyl (C=O) groups is 1. The third-order valence-corrected chi connectivity index (χ3v) is 4.29. The number of hydrogen-bond acceptors (Lipinski definition) is 2. The standard InChI is InChI=1S/C14H26N2O.ClH/c1-11-5-3-6-12(2)16(10-11)14(17)13-7-4-8-15-9-13;/h11-13,15H,3-10H2,1-2H3;1H. The van der Waals surface area contributed by atoms with E-state index in [-0.39, 0.29) is 18.3 Å². The van der Waals surface area contributed by atoms with E-state index in [1.165, 1.54) is 19.3 Å². The second-order valence-corrected chi connectivity index (χ2v) is 5.92. The Morgan fingerprint density at radius 2 is 1.94 bits per heavy atom. The molecule has 0 bridgehead atoms. The Kier molecular flexibility index (Phi) is 6.44. The highest BCUT2D eigenvalue weighted by Crippen LogP contribution is 2.24. The van der Waals surface area contributed by atoms with E-state index < -0.39 is 0 Å². The molecule has 1 amide bonds. The third-order valence-electron chi connectivity index (χ3n) is 4.29. The molecule has 0 aromatic carbocycles. The van der Waals surface area contributed by atoms with Crippen molar-refractivity contribution in [1.29, 1.82) is 0 Å². The van der Waals surface area contributed by atoms with E-state index >= 15 is 0 Å². The zero-order valence-corrected chi connectivity index (χ0v) is 12.5. The van der Waals surface area contributed by atoms with E-state index in [9.17, 15) is 4.79 Å². The van der Waals surface area contributed by atoms with Crippen molar-refractivity contribution >= 4 is 18.3 Å². The molecular weight excluding hydrogens is 248 g/mol. The summed E-state index contributed by atoms with van der Waals surface area (Å²) in [6.45, 7) is 7.42. The minimum atomic E-state index is 0. The molecule has 0 aliphatic carbocycles. The normalized spacial score (nSPS) is 33.4. The molecular formula is C14H27ClN2O. The van der Waals surface area contributed by atoms with Crippen LogP contribution in [0.3, 0.4) is 0 Å². The molecule has 3 unspecified atom stereocenters. The molecule has 0 saturated carbocycles. The summed E-state index contributed by atoms with van der Waals surface area (Å²) in [6, 6.07) is 0.439. The average molecular weight is 275 g/mol. The second-order valence-electron chi connectivity index (χ2n) is 5.92. The SMILES string of the molecule is CC1CCCC(C)N(C(=O)C2CCCNC2)C1.Cl. The predicted octanol–water partition coefficient (Wildman–Crippen LogP) is 2.44. The van der Waals surface area contributed by atoms with Gasteiger partial charge in [0, 0.05) is 19.1 Å². The van der Waals surface area contributed by atoms with Gasteiger partial charge in [-0.25, -0.2) is 0 Å². The van der Waals surface area contributed by atoms with E-state index in [4.69, 9.17) is 0 Å². The number of rotatable bonds is 1. The Hall–Kier alpha value is -0.280. The Morgan fingerprint density at radius 3 is 2.61 bits per heavy atom. The molecule has 3 atom stereocenters. The molecule has 18 heavy (non-hydrogen) atoms. The highest BCUT2D eigenvalue weighted by Gasteiger charge is 2.30. The molecule has 0 aromatic heterocycles. The van der Waals surface area contributed by atoms with Gasteiger partial charge in [0.05, 0.1) is 5.92 Å². The van der Waals surface area contributed by atoms with Gasteiger partial charge in [-0.05, 0) is 45.1 Å². The Balaban J connectivity index is 0.00000162. The minimum absolute atomic E-state index is 0. The van der Waals surface area contributed by atoms with Crippen LogP contribution in [0.5, 0.6) is 0 Å². The molecule has 0 aromatic rings. The van der Waals surface area contributed by atoms with Crippen LogP contribution in [0.4, 0.5) is 0 Å². The molecule has 4 heteroatoms. The molecule has 1 N–H and O–H groups in total. The van der Waals surface area contributed by atoms with Gasteiger partial charge in [-0.2, -0.15) is 0 Å². The maximum Gasteiger partial charge on any atom is 0.227 e. The summed E-state index contributed by atoms with van der Waals surface area (Å²) in [7, 11) is 0. The first-order chi connectivity index (χ1) is 8.18. The molecule has 3 nitrogen and oxygen atoms in total. The van der Waals surface area contributed by atoms with Crippen molar-refractivity contribution in [1.82, 2.24) is 10.2 Å². The summed E-state index contributed by atoms with van der Waals surface area (Å²) in [5.41, 5.74) is 0. The van der Waals surface area contributed by atoms with Crippen LogP contribution in [0.15, 0.2) is 0 Å². The van der Waals surface area contributed by atoms with Gasteiger partial charge < -0.3 is 10.2 Å². The minimum Gasteiger partial charge on any atom is -0.339 e. The van der Waals surface area contributed by atoms with E-state index in [0.717, 1.165) is 32.5 Å². The van der Waals surface area contributed by atoms with Crippen molar-refractivity contribution in [3.05, 3.63) is 0 Å². The van der Waals surface area contributed by atoms with E-state index in [1.807, 2.05) is 0 Å². The Bertz CT molecular complexity index is 267. The van der Waals surface area contributed by atoms with Gasteiger partial charge in [-0.1, -0.05) is 13.3 Å². The van der Waals surface area contributed by atoms with Gasteiger partial charge in [0.1, 0.15) is 0 Å². The van der Waals surface area contributed by atoms with Gasteiger partial charge in [0.15, 0.2) is 0 Å². The predicted molar refractivity (Wildman–Crippen MR) is 77.0 cm³/mol. The quantitative estimate of drug-likeness (QED) is 0.797.